The lowest BCUT2D eigenvalue weighted by molar-refractivity contribution is 0.693. The first-order valence-corrected chi connectivity index (χ1v) is 5.56. The number of nitrogens with one attached hydrogen (secondary N) is 1. The van der Waals surface area contributed by atoms with Crippen LogP contribution in [0.3, 0.4) is 0 Å². The molecule has 0 heterocycles. The molecule has 0 saturated carbocycles. The summed E-state index contributed by atoms with van der Waals surface area (Å²) >= 11 is 0. The number of aryl methyl sites for hydroxylation is 1. The number of rotatable bonds is 4. The van der Waals surface area contributed by atoms with Gasteiger partial charge in [0, 0.05) is 13.1 Å². The molecule has 1 nitrogen and oxygen atoms in total. The second kappa shape index (κ2) is 5.47. The van der Waals surface area contributed by atoms with Crippen LogP contribution in [0.2, 0.25) is 0 Å². The molecule has 1 N–H and O–H groups in total. The molecular formula is C15H16N. The Morgan fingerprint density at radius 2 is 1.75 bits per heavy atom. The van der Waals surface area contributed by atoms with Crippen LogP contribution in [0.1, 0.15) is 16.7 Å². The van der Waals surface area contributed by atoms with E-state index in [1.54, 1.807) is 0 Å². The summed E-state index contributed by atoms with van der Waals surface area (Å²) in [6.07, 6.45) is 0. The van der Waals surface area contributed by atoms with E-state index in [-0.39, 0.29) is 0 Å². The van der Waals surface area contributed by atoms with Gasteiger partial charge in [-0.25, -0.2) is 0 Å². The maximum atomic E-state index is 3.42. The summed E-state index contributed by atoms with van der Waals surface area (Å²) in [7, 11) is 0. The highest BCUT2D eigenvalue weighted by molar-refractivity contribution is 5.21. The summed E-state index contributed by atoms with van der Waals surface area (Å²) in [5.41, 5.74) is 3.90. The van der Waals surface area contributed by atoms with Gasteiger partial charge in [0.2, 0.25) is 0 Å². The molecule has 16 heavy (non-hydrogen) atoms. The highest BCUT2D eigenvalue weighted by Crippen LogP contribution is 2.03. The van der Waals surface area contributed by atoms with Crippen molar-refractivity contribution in [3.8, 4) is 0 Å². The molecule has 0 aliphatic rings. The zero-order valence-corrected chi connectivity index (χ0v) is 9.53. The average Bonchev–Trinajstić information content (AvgIpc) is 2.33. The van der Waals surface area contributed by atoms with Crippen LogP contribution in [0.15, 0.2) is 48.5 Å². The zero-order chi connectivity index (χ0) is 11.2. The predicted octanol–water partition coefficient (Wildman–Crippen LogP) is 3.09. The normalized spacial score (nSPS) is 10.3. The second-order valence-corrected chi connectivity index (χ2v) is 4.00. The Kier molecular flexibility index (Phi) is 3.73. The first-order chi connectivity index (χ1) is 7.84. The van der Waals surface area contributed by atoms with E-state index in [9.17, 15) is 0 Å². The molecule has 0 atom stereocenters. The molecule has 2 aromatic rings. The Morgan fingerprint density at radius 1 is 1.00 bits per heavy atom. The van der Waals surface area contributed by atoms with Crippen LogP contribution < -0.4 is 5.32 Å². The maximum absolute atomic E-state index is 3.42. The topological polar surface area (TPSA) is 12.0 Å². The van der Waals surface area contributed by atoms with E-state index in [0.29, 0.717) is 0 Å². The Bertz CT molecular complexity index is 417. The van der Waals surface area contributed by atoms with Gasteiger partial charge in [-0.2, -0.15) is 0 Å². The number of hydrogen-bond acceptors (Lipinski definition) is 1. The van der Waals surface area contributed by atoms with E-state index in [1.807, 2.05) is 18.2 Å². The van der Waals surface area contributed by atoms with Gasteiger partial charge in [0.1, 0.15) is 0 Å². The summed E-state index contributed by atoms with van der Waals surface area (Å²) in [4.78, 5) is 0. The van der Waals surface area contributed by atoms with Crippen molar-refractivity contribution >= 4 is 0 Å². The lowest BCUT2D eigenvalue weighted by atomic mass is 10.1. The molecule has 0 unspecified atom stereocenters. The van der Waals surface area contributed by atoms with Crippen molar-refractivity contribution in [2.24, 2.45) is 0 Å². The van der Waals surface area contributed by atoms with E-state index in [2.05, 4.69) is 48.6 Å². The van der Waals surface area contributed by atoms with Crippen LogP contribution in [0.25, 0.3) is 0 Å². The van der Waals surface area contributed by atoms with Gasteiger partial charge < -0.3 is 5.32 Å². The Hall–Kier alpha value is -1.60. The largest absolute Gasteiger partial charge is 0.309 e. The van der Waals surface area contributed by atoms with Gasteiger partial charge in [-0.1, -0.05) is 48.0 Å². The van der Waals surface area contributed by atoms with Crippen LogP contribution in [0, 0.1) is 13.0 Å². The Balaban J connectivity index is 1.82. The first-order valence-electron chi connectivity index (χ1n) is 5.56. The summed E-state index contributed by atoms with van der Waals surface area (Å²) in [6.45, 7) is 3.91. The summed E-state index contributed by atoms with van der Waals surface area (Å²) in [5.74, 6) is 0. The van der Waals surface area contributed by atoms with Crippen molar-refractivity contribution in [1.29, 1.82) is 0 Å². The molecular weight excluding hydrogens is 194 g/mol. The molecule has 1 heteroatoms. The van der Waals surface area contributed by atoms with Crippen molar-refractivity contribution in [2.45, 2.75) is 20.0 Å². The molecule has 1 radical (unpaired) electrons. The van der Waals surface area contributed by atoms with Gasteiger partial charge in [0.15, 0.2) is 0 Å². The van der Waals surface area contributed by atoms with Crippen LogP contribution >= 0.6 is 0 Å². The first kappa shape index (κ1) is 10.9. The van der Waals surface area contributed by atoms with Gasteiger partial charge in [0.25, 0.3) is 0 Å². The molecule has 0 fully saturated rings. The third-order valence-electron chi connectivity index (χ3n) is 2.55. The van der Waals surface area contributed by atoms with E-state index < -0.39 is 0 Å². The molecule has 81 valence electrons. The summed E-state index contributed by atoms with van der Waals surface area (Å²) in [5, 5.41) is 3.42. The van der Waals surface area contributed by atoms with Crippen molar-refractivity contribution in [3.05, 3.63) is 71.3 Å². The quantitative estimate of drug-likeness (QED) is 0.817. The third-order valence-corrected chi connectivity index (χ3v) is 2.55. The molecule has 0 aliphatic carbocycles. The van der Waals surface area contributed by atoms with Crippen LogP contribution in [0.5, 0.6) is 0 Å². The summed E-state index contributed by atoms with van der Waals surface area (Å²) in [6, 6.07) is 19.8. The molecule has 0 spiro atoms. The van der Waals surface area contributed by atoms with E-state index >= 15 is 0 Å². The van der Waals surface area contributed by atoms with Crippen molar-refractivity contribution in [1.82, 2.24) is 5.32 Å². The molecule has 0 aliphatic heterocycles. The zero-order valence-electron chi connectivity index (χ0n) is 9.53. The Morgan fingerprint density at radius 3 is 2.44 bits per heavy atom. The number of benzene rings is 2. The summed E-state index contributed by atoms with van der Waals surface area (Å²) < 4.78 is 0. The van der Waals surface area contributed by atoms with Gasteiger partial charge in [-0.3, -0.25) is 0 Å². The molecule has 0 amide bonds. The van der Waals surface area contributed by atoms with Gasteiger partial charge in [-0.05, 0) is 30.2 Å². The fourth-order valence-corrected chi connectivity index (χ4v) is 1.60. The molecule has 0 aromatic heterocycles. The minimum atomic E-state index is 0.894. The molecule has 0 saturated heterocycles. The average molecular weight is 210 g/mol. The third kappa shape index (κ3) is 3.21. The smallest absolute Gasteiger partial charge is 0.0208 e. The fourth-order valence-electron chi connectivity index (χ4n) is 1.60. The highest BCUT2D eigenvalue weighted by atomic mass is 14.8. The van der Waals surface area contributed by atoms with Gasteiger partial charge in [-0.15, -0.1) is 0 Å². The van der Waals surface area contributed by atoms with E-state index in [1.165, 1.54) is 16.7 Å². The van der Waals surface area contributed by atoms with Crippen LogP contribution in [-0.4, -0.2) is 0 Å². The fraction of sp³-hybridized carbons (Fsp3) is 0.200. The SMILES string of the molecule is Cc1ccc(CNCc2c[c]ccc2)cc1. The minimum absolute atomic E-state index is 0.894. The number of hydrogen-bond donors (Lipinski definition) is 1. The van der Waals surface area contributed by atoms with E-state index in [0.717, 1.165) is 13.1 Å². The van der Waals surface area contributed by atoms with Crippen molar-refractivity contribution in [3.63, 3.8) is 0 Å². The highest BCUT2D eigenvalue weighted by Gasteiger charge is 1.93. The lowest BCUT2D eigenvalue weighted by Gasteiger charge is -2.05. The molecule has 2 aromatic carbocycles. The van der Waals surface area contributed by atoms with Crippen LogP contribution in [-0.2, 0) is 13.1 Å². The molecule has 0 bridgehead atoms. The van der Waals surface area contributed by atoms with Crippen LogP contribution in [0.4, 0.5) is 0 Å². The van der Waals surface area contributed by atoms with Crippen molar-refractivity contribution < 1.29 is 0 Å². The monoisotopic (exact) mass is 210 g/mol. The van der Waals surface area contributed by atoms with Gasteiger partial charge >= 0.3 is 0 Å². The standard InChI is InChI=1S/C15H16N/c1-13-7-9-15(10-8-13)12-16-11-14-5-3-2-4-6-14/h2-3,5-10,16H,11-12H2,1H3. The second-order valence-electron chi connectivity index (χ2n) is 4.00. The van der Waals surface area contributed by atoms with E-state index in [4.69, 9.17) is 0 Å². The minimum Gasteiger partial charge on any atom is -0.309 e. The van der Waals surface area contributed by atoms with Gasteiger partial charge in [0.05, 0.1) is 0 Å². The predicted molar refractivity (Wildman–Crippen MR) is 67.0 cm³/mol. The molecule has 2 rings (SSSR count). The maximum Gasteiger partial charge on any atom is 0.0208 e. The Labute approximate surface area is 97.1 Å². The lowest BCUT2D eigenvalue weighted by Crippen LogP contribution is -2.12. The van der Waals surface area contributed by atoms with Crippen molar-refractivity contribution in [2.75, 3.05) is 0 Å².